The summed E-state index contributed by atoms with van der Waals surface area (Å²) in [5.74, 6) is 0.887. The topological polar surface area (TPSA) is 67.9 Å². The summed E-state index contributed by atoms with van der Waals surface area (Å²) in [4.78, 5) is 33.1. The molecule has 1 N–H and O–H groups in total. The number of nitrogens with one attached hydrogen (secondary N) is 1. The summed E-state index contributed by atoms with van der Waals surface area (Å²) in [6.45, 7) is 3.20. The highest BCUT2D eigenvalue weighted by molar-refractivity contribution is 6.01. The molecule has 1 aromatic rings. The van der Waals surface area contributed by atoms with Crippen molar-refractivity contribution < 1.29 is 19.2 Å². The minimum Gasteiger partial charge on any atom is -0.376 e. The normalized spacial score (nSPS) is 40.2. The van der Waals surface area contributed by atoms with E-state index in [4.69, 9.17) is 9.57 Å². The molecule has 6 heteroatoms. The maximum absolute atomic E-state index is 13.5. The highest BCUT2D eigenvalue weighted by Gasteiger charge is 2.79. The molecule has 5 rings (SSSR count). The number of hydrogen-bond acceptors (Lipinski definition) is 5. The van der Waals surface area contributed by atoms with E-state index in [9.17, 15) is 9.59 Å². The Morgan fingerprint density at radius 3 is 2.92 bits per heavy atom. The maximum atomic E-state index is 13.5. The van der Waals surface area contributed by atoms with E-state index in [0.29, 0.717) is 19.6 Å². The smallest absolute Gasteiger partial charge is 0.236 e. The van der Waals surface area contributed by atoms with E-state index in [-0.39, 0.29) is 41.6 Å². The fourth-order valence-electron chi connectivity index (χ4n) is 5.99. The predicted molar refractivity (Wildman–Crippen MR) is 89.8 cm³/mol. The number of carbonyl (C=O) groups excluding carboxylic acids is 2. The summed E-state index contributed by atoms with van der Waals surface area (Å²) in [6, 6.07) is 7.55. The van der Waals surface area contributed by atoms with E-state index in [1.54, 1.807) is 7.11 Å². The van der Waals surface area contributed by atoms with Crippen LogP contribution in [0.15, 0.2) is 24.3 Å². The summed E-state index contributed by atoms with van der Waals surface area (Å²) in [5.41, 5.74) is 3.99. The van der Waals surface area contributed by atoms with Crippen molar-refractivity contribution >= 4 is 17.4 Å². The molecular formula is C19H22N2O4. The van der Waals surface area contributed by atoms with Crippen LogP contribution in [0.2, 0.25) is 0 Å². The van der Waals surface area contributed by atoms with Crippen LogP contribution in [0.5, 0.6) is 0 Å². The van der Waals surface area contributed by atoms with Gasteiger partial charge in [0.1, 0.15) is 5.41 Å². The molecule has 6 nitrogen and oxygen atoms in total. The van der Waals surface area contributed by atoms with Crippen LogP contribution in [0.3, 0.4) is 0 Å². The average Bonchev–Trinajstić information content (AvgIpc) is 3.14. The average molecular weight is 342 g/mol. The molecule has 25 heavy (non-hydrogen) atoms. The summed E-state index contributed by atoms with van der Waals surface area (Å²) < 4.78 is 5.96. The lowest BCUT2D eigenvalue weighted by atomic mass is 9.68. The molecule has 1 aromatic carbocycles. The minimum absolute atomic E-state index is 0.0538. The number of rotatable bonds is 5. The molecule has 3 aliphatic heterocycles. The highest BCUT2D eigenvalue weighted by atomic mass is 16.6. The second-order valence-corrected chi connectivity index (χ2v) is 7.54. The van der Waals surface area contributed by atoms with Gasteiger partial charge in [0, 0.05) is 24.8 Å². The first kappa shape index (κ1) is 15.3. The molecule has 1 aliphatic carbocycles. The number of carbonyl (C=O) groups is 2. The van der Waals surface area contributed by atoms with Gasteiger partial charge in [-0.3, -0.25) is 19.9 Å². The maximum Gasteiger partial charge on any atom is 0.236 e. The molecule has 1 amide bonds. The number of Topliss-reactive ketones (excluding diaryl/α,β-unsaturated/α-hetero) is 1. The van der Waals surface area contributed by atoms with Crippen molar-refractivity contribution in [2.45, 2.75) is 30.9 Å². The SMILES string of the molecule is CCC(=O)C1C2C3COC3C3(c4ccccc4NOC)C(=O)N1CC23. The number of hydrogen-bond donors (Lipinski definition) is 1. The Balaban J connectivity index is 1.67. The first-order valence-corrected chi connectivity index (χ1v) is 9.00. The van der Waals surface area contributed by atoms with Gasteiger partial charge in [0.25, 0.3) is 0 Å². The first-order chi connectivity index (χ1) is 12.2. The van der Waals surface area contributed by atoms with Crippen molar-refractivity contribution in [3.8, 4) is 0 Å². The third kappa shape index (κ3) is 1.58. The Morgan fingerprint density at radius 2 is 2.24 bits per heavy atom. The van der Waals surface area contributed by atoms with Gasteiger partial charge in [-0.15, -0.1) is 0 Å². The Bertz CT molecular complexity index is 766. The molecule has 3 heterocycles. The molecular weight excluding hydrogens is 320 g/mol. The zero-order valence-corrected chi connectivity index (χ0v) is 14.4. The molecule has 4 fully saturated rings. The Morgan fingerprint density at radius 1 is 1.44 bits per heavy atom. The predicted octanol–water partition coefficient (Wildman–Crippen LogP) is 1.36. The Labute approximate surface area is 146 Å². The molecule has 6 atom stereocenters. The lowest BCUT2D eigenvalue weighted by molar-refractivity contribution is -0.152. The number of ether oxygens (including phenoxy) is 1. The molecule has 2 bridgehead atoms. The van der Waals surface area contributed by atoms with Crippen molar-refractivity contribution in [3.63, 3.8) is 0 Å². The first-order valence-electron chi connectivity index (χ1n) is 9.00. The summed E-state index contributed by atoms with van der Waals surface area (Å²) in [5, 5.41) is 0. The van der Waals surface area contributed by atoms with Crippen LogP contribution >= 0.6 is 0 Å². The number of para-hydroxylation sites is 1. The quantitative estimate of drug-likeness (QED) is 0.819. The van der Waals surface area contributed by atoms with Crippen LogP contribution in [0.4, 0.5) is 5.69 Å². The van der Waals surface area contributed by atoms with Gasteiger partial charge in [-0.1, -0.05) is 25.1 Å². The van der Waals surface area contributed by atoms with E-state index in [0.717, 1.165) is 11.3 Å². The lowest BCUT2D eigenvalue weighted by Crippen LogP contribution is -2.55. The Hall–Kier alpha value is -1.92. The van der Waals surface area contributed by atoms with Gasteiger partial charge in [0.15, 0.2) is 5.78 Å². The van der Waals surface area contributed by atoms with Crippen LogP contribution < -0.4 is 5.48 Å². The van der Waals surface area contributed by atoms with E-state index >= 15 is 0 Å². The van der Waals surface area contributed by atoms with Gasteiger partial charge >= 0.3 is 0 Å². The molecule has 0 aromatic heterocycles. The molecule has 4 aliphatic rings. The van der Waals surface area contributed by atoms with Gasteiger partial charge < -0.3 is 9.64 Å². The number of piperidine rings is 1. The van der Waals surface area contributed by atoms with Crippen LogP contribution in [0.25, 0.3) is 0 Å². The highest BCUT2D eigenvalue weighted by Crippen LogP contribution is 2.67. The van der Waals surface area contributed by atoms with Crippen molar-refractivity contribution in [3.05, 3.63) is 29.8 Å². The molecule has 1 saturated carbocycles. The van der Waals surface area contributed by atoms with Crippen LogP contribution in [0, 0.1) is 17.8 Å². The van der Waals surface area contributed by atoms with E-state index in [1.807, 2.05) is 36.1 Å². The summed E-state index contributed by atoms with van der Waals surface area (Å²) >= 11 is 0. The Kier molecular flexibility index (Phi) is 3.10. The van der Waals surface area contributed by atoms with Crippen molar-refractivity contribution in [1.82, 2.24) is 4.90 Å². The molecule has 0 spiro atoms. The standard InChI is InChI=1S/C19H22N2O4/c1-3-14(22)16-15-10-9-25-17(10)19(12(15)8-21(16)18(19)23)11-6-4-5-7-13(11)20-24-2/h4-7,10,12,15-17,20H,3,8-9H2,1-2H3. The van der Waals surface area contributed by atoms with Gasteiger partial charge in [-0.2, -0.15) is 0 Å². The number of nitrogens with zero attached hydrogens (tertiary/aromatic N) is 1. The van der Waals surface area contributed by atoms with E-state index in [1.165, 1.54) is 0 Å². The van der Waals surface area contributed by atoms with E-state index < -0.39 is 5.41 Å². The lowest BCUT2D eigenvalue weighted by Gasteiger charge is -2.41. The summed E-state index contributed by atoms with van der Waals surface area (Å²) in [7, 11) is 1.57. The van der Waals surface area contributed by atoms with Gasteiger partial charge in [0.2, 0.25) is 5.91 Å². The third-order valence-corrected chi connectivity index (χ3v) is 6.82. The van der Waals surface area contributed by atoms with E-state index in [2.05, 4.69) is 5.48 Å². The van der Waals surface area contributed by atoms with Gasteiger partial charge in [-0.05, 0) is 17.5 Å². The number of benzene rings is 1. The van der Waals surface area contributed by atoms with Crippen molar-refractivity contribution in [2.75, 3.05) is 25.7 Å². The van der Waals surface area contributed by atoms with Crippen LogP contribution in [0.1, 0.15) is 18.9 Å². The zero-order chi connectivity index (χ0) is 17.3. The van der Waals surface area contributed by atoms with Crippen molar-refractivity contribution in [2.24, 2.45) is 17.8 Å². The number of ketones is 1. The molecule has 6 unspecified atom stereocenters. The van der Waals surface area contributed by atoms with Gasteiger partial charge in [-0.25, -0.2) is 0 Å². The number of fused-ring (bicyclic) bond motifs is 4. The molecule has 0 radical (unpaired) electrons. The minimum atomic E-state index is -0.680. The summed E-state index contributed by atoms with van der Waals surface area (Å²) in [6.07, 6.45) is 0.347. The monoisotopic (exact) mass is 342 g/mol. The second kappa shape index (κ2) is 5.05. The largest absolute Gasteiger partial charge is 0.376 e. The van der Waals surface area contributed by atoms with Crippen LogP contribution in [-0.2, 0) is 24.6 Å². The number of anilines is 1. The third-order valence-electron chi connectivity index (χ3n) is 6.82. The molecule has 132 valence electrons. The van der Waals surface area contributed by atoms with Crippen LogP contribution in [-0.4, -0.2) is 49.0 Å². The van der Waals surface area contributed by atoms with Crippen molar-refractivity contribution in [1.29, 1.82) is 0 Å². The fourth-order valence-corrected chi connectivity index (χ4v) is 5.99. The number of amides is 1. The second-order valence-electron chi connectivity index (χ2n) is 7.54. The fraction of sp³-hybridized carbons (Fsp3) is 0.579. The van der Waals surface area contributed by atoms with Gasteiger partial charge in [0.05, 0.1) is 31.5 Å². The zero-order valence-electron chi connectivity index (χ0n) is 14.4. The molecule has 3 saturated heterocycles.